The predicted octanol–water partition coefficient (Wildman–Crippen LogP) is 3.06. The lowest BCUT2D eigenvalue weighted by Crippen LogP contribution is -2.45. The van der Waals surface area contributed by atoms with Crippen LogP contribution in [0.25, 0.3) is 0 Å². The van der Waals surface area contributed by atoms with Gasteiger partial charge in [0.1, 0.15) is 0 Å². The van der Waals surface area contributed by atoms with E-state index in [1.807, 2.05) is 0 Å². The van der Waals surface area contributed by atoms with Gasteiger partial charge in [-0.15, -0.1) is 0 Å². The third-order valence-corrected chi connectivity index (χ3v) is 3.78. The Balaban J connectivity index is 2.18. The molecule has 1 saturated carbocycles. The van der Waals surface area contributed by atoms with E-state index in [2.05, 4.69) is 39.9 Å². The predicted molar refractivity (Wildman–Crippen MR) is 58.8 cm³/mol. The Bertz CT molecular complexity index is 155. The van der Waals surface area contributed by atoms with Crippen LogP contribution >= 0.6 is 0 Å². The van der Waals surface area contributed by atoms with Gasteiger partial charge in [0.15, 0.2) is 0 Å². The first-order valence-electron chi connectivity index (χ1n) is 5.65. The van der Waals surface area contributed by atoms with Gasteiger partial charge in [-0.05, 0) is 30.1 Å². The topological polar surface area (TPSA) is 12.0 Å². The van der Waals surface area contributed by atoms with Gasteiger partial charge in [-0.3, -0.25) is 0 Å². The minimum Gasteiger partial charge on any atom is -0.313 e. The number of hydrogen-bond acceptors (Lipinski definition) is 1. The van der Waals surface area contributed by atoms with E-state index in [-0.39, 0.29) is 0 Å². The Labute approximate surface area is 83.3 Å². The summed E-state index contributed by atoms with van der Waals surface area (Å²) in [5.74, 6) is 1.72. The van der Waals surface area contributed by atoms with E-state index < -0.39 is 0 Å². The Morgan fingerprint density at radius 1 is 1.31 bits per heavy atom. The quantitative estimate of drug-likeness (QED) is 0.706. The molecular weight excluding hydrogens is 158 g/mol. The SMILES string of the molecule is CC1CC(NCC(C)(C)C(C)C)C1. The van der Waals surface area contributed by atoms with Gasteiger partial charge in [0, 0.05) is 12.6 Å². The van der Waals surface area contributed by atoms with E-state index in [0.717, 1.165) is 17.9 Å². The molecule has 0 aromatic heterocycles. The van der Waals surface area contributed by atoms with Gasteiger partial charge in [-0.2, -0.15) is 0 Å². The summed E-state index contributed by atoms with van der Waals surface area (Å²) in [6, 6.07) is 0.813. The van der Waals surface area contributed by atoms with Crippen molar-refractivity contribution in [1.82, 2.24) is 5.32 Å². The van der Waals surface area contributed by atoms with E-state index in [1.165, 1.54) is 19.4 Å². The van der Waals surface area contributed by atoms with E-state index in [1.54, 1.807) is 0 Å². The molecule has 0 aliphatic heterocycles. The third kappa shape index (κ3) is 2.98. The molecule has 0 aromatic rings. The lowest BCUT2D eigenvalue weighted by atomic mass is 9.78. The first kappa shape index (κ1) is 11.0. The summed E-state index contributed by atoms with van der Waals surface area (Å²) in [6.45, 7) is 12.8. The maximum atomic E-state index is 3.67. The molecule has 0 heterocycles. The van der Waals surface area contributed by atoms with Crippen molar-refractivity contribution >= 4 is 0 Å². The van der Waals surface area contributed by atoms with Crippen LogP contribution in [0.15, 0.2) is 0 Å². The molecule has 0 radical (unpaired) electrons. The Morgan fingerprint density at radius 3 is 2.23 bits per heavy atom. The summed E-state index contributed by atoms with van der Waals surface area (Å²) >= 11 is 0. The van der Waals surface area contributed by atoms with Crippen LogP contribution in [0.4, 0.5) is 0 Å². The molecule has 0 saturated heterocycles. The fourth-order valence-corrected chi connectivity index (χ4v) is 1.68. The minimum absolute atomic E-state index is 0.443. The van der Waals surface area contributed by atoms with Crippen molar-refractivity contribution in [2.24, 2.45) is 17.3 Å². The van der Waals surface area contributed by atoms with E-state index in [4.69, 9.17) is 0 Å². The molecular formula is C12H25N. The van der Waals surface area contributed by atoms with Crippen molar-refractivity contribution in [3.8, 4) is 0 Å². The summed E-state index contributed by atoms with van der Waals surface area (Å²) in [5, 5.41) is 3.67. The highest BCUT2D eigenvalue weighted by Gasteiger charge is 2.28. The summed E-state index contributed by atoms with van der Waals surface area (Å²) in [6.07, 6.45) is 2.77. The van der Waals surface area contributed by atoms with Crippen molar-refractivity contribution in [3.63, 3.8) is 0 Å². The second kappa shape index (κ2) is 4.00. The van der Waals surface area contributed by atoms with Crippen LogP contribution in [-0.2, 0) is 0 Å². The van der Waals surface area contributed by atoms with Crippen LogP contribution in [0.3, 0.4) is 0 Å². The standard InChI is InChI=1S/C12H25N/c1-9(2)12(4,5)8-13-11-6-10(3)7-11/h9-11,13H,6-8H2,1-5H3. The van der Waals surface area contributed by atoms with Gasteiger partial charge in [0.05, 0.1) is 0 Å². The largest absolute Gasteiger partial charge is 0.313 e. The summed E-state index contributed by atoms with van der Waals surface area (Å²) in [4.78, 5) is 0. The number of nitrogens with one attached hydrogen (secondary N) is 1. The van der Waals surface area contributed by atoms with Gasteiger partial charge < -0.3 is 5.32 Å². The zero-order chi connectivity index (χ0) is 10.1. The zero-order valence-corrected chi connectivity index (χ0v) is 9.85. The molecule has 1 aliphatic rings. The average Bonchev–Trinajstić information content (AvgIpc) is 1.95. The molecule has 0 amide bonds. The van der Waals surface area contributed by atoms with Crippen LogP contribution in [0.2, 0.25) is 0 Å². The van der Waals surface area contributed by atoms with Gasteiger partial charge in [0.25, 0.3) is 0 Å². The Morgan fingerprint density at radius 2 is 1.85 bits per heavy atom. The van der Waals surface area contributed by atoms with Gasteiger partial charge in [-0.25, -0.2) is 0 Å². The first-order valence-corrected chi connectivity index (χ1v) is 5.65. The van der Waals surface area contributed by atoms with E-state index >= 15 is 0 Å². The Hall–Kier alpha value is -0.0400. The highest BCUT2D eigenvalue weighted by Crippen LogP contribution is 2.29. The molecule has 0 aromatic carbocycles. The summed E-state index contributed by atoms with van der Waals surface area (Å²) < 4.78 is 0. The van der Waals surface area contributed by atoms with Crippen molar-refractivity contribution in [3.05, 3.63) is 0 Å². The molecule has 1 N–H and O–H groups in total. The first-order chi connectivity index (χ1) is 5.92. The molecule has 0 spiro atoms. The number of hydrogen-bond donors (Lipinski definition) is 1. The molecule has 0 bridgehead atoms. The molecule has 1 rings (SSSR count). The van der Waals surface area contributed by atoms with Crippen LogP contribution < -0.4 is 5.32 Å². The van der Waals surface area contributed by atoms with Crippen molar-refractivity contribution in [2.75, 3.05) is 6.54 Å². The van der Waals surface area contributed by atoms with E-state index in [9.17, 15) is 0 Å². The second-order valence-electron chi connectivity index (χ2n) is 5.80. The minimum atomic E-state index is 0.443. The Kier molecular flexibility index (Phi) is 3.39. The molecule has 1 nitrogen and oxygen atoms in total. The maximum Gasteiger partial charge on any atom is 0.00723 e. The smallest absolute Gasteiger partial charge is 0.00723 e. The van der Waals surface area contributed by atoms with Crippen molar-refractivity contribution in [2.45, 2.75) is 53.5 Å². The normalized spacial score (nSPS) is 29.1. The molecule has 1 aliphatic carbocycles. The van der Waals surface area contributed by atoms with Crippen molar-refractivity contribution < 1.29 is 0 Å². The van der Waals surface area contributed by atoms with Gasteiger partial charge >= 0.3 is 0 Å². The fraction of sp³-hybridized carbons (Fsp3) is 1.00. The van der Waals surface area contributed by atoms with Gasteiger partial charge in [-0.1, -0.05) is 34.6 Å². The lowest BCUT2D eigenvalue weighted by Gasteiger charge is -2.38. The summed E-state index contributed by atoms with van der Waals surface area (Å²) in [7, 11) is 0. The van der Waals surface area contributed by atoms with E-state index in [0.29, 0.717) is 5.41 Å². The molecule has 1 fully saturated rings. The molecule has 13 heavy (non-hydrogen) atoms. The number of rotatable bonds is 4. The molecule has 0 unspecified atom stereocenters. The molecule has 1 heteroatoms. The highest BCUT2D eigenvalue weighted by molar-refractivity contribution is 4.85. The van der Waals surface area contributed by atoms with Crippen molar-refractivity contribution in [1.29, 1.82) is 0 Å². The van der Waals surface area contributed by atoms with Crippen LogP contribution in [-0.4, -0.2) is 12.6 Å². The fourth-order valence-electron chi connectivity index (χ4n) is 1.68. The molecule has 0 atom stereocenters. The van der Waals surface area contributed by atoms with Crippen LogP contribution in [0.1, 0.15) is 47.5 Å². The van der Waals surface area contributed by atoms with Gasteiger partial charge in [0.2, 0.25) is 0 Å². The maximum absolute atomic E-state index is 3.67. The summed E-state index contributed by atoms with van der Waals surface area (Å²) in [5.41, 5.74) is 0.443. The van der Waals surface area contributed by atoms with Crippen LogP contribution in [0.5, 0.6) is 0 Å². The lowest BCUT2D eigenvalue weighted by molar-refractivity contribution is 0.180. The second-order valence-corrected chi connectivity index (χ2v) is 5.80. The average molecular weight is 183 g/mol. The molecule has 78 valence electrons. The highest BCUT2D eigenvalue weighted by atomic mass is 14.9. The van der Waals surface area contributed by atoms with Crippen LogP contribution in [0, 0.1) is 17.3 Å². The monoisotopic (exact) mass is 183 g/mol. The third-order valence-electron chi connectivity index (χ3n) is 3.78. The zero-order valence-electron chi connectivity index (χ0n) is 9.85.